The van der Waals surface area contributed by atoms with Gasteiger partial charge in [-0.3, -0.25) is 4.79 Å². The number of anilines is 1. The van der Waals surface area contributed by atoms with Crippen LogP contribution in [0.1, 0.15) is 38.3 Å². The predicted octanol–water partition coefficient (Wildman–Crippen LogP) is 5.32. The monoisotopic (exact) mass is 452 g/mol. The molecular formula is C25H32N4O2S. The van der Waals surface area contributed by atoms with E-state index in [0.29, 0.717) is 6.61 Å². The number of hydrogen-bond donors (Lipinski definition) is 1. The molecule has 6 nitrogen and oxygen atoms in total. The maximum Gasteiger partial charge on any atom is 0.234 e. The minimum absolute atomic E-state index is 0.0666. The van der Waals surface area contributed by atoms with Crippen LogP contribution in [0.5, 0.6) is 0 Å². The molecule has 1 N–H and O–H groups in total. The maximum atomic E-state index is 12.5. The van der Waals surface area contributed by atoms with Crippen molar-refractivity contribution in [1.82, 2.24) is 14.8 Å². The van der Waals surface area contributed by atoms with Gasteiger partial charge in [-0.15, -0.1) is 10.2 Å². The number of carbonyl (C=O) groups is 1. The summed E-state index contributed by atoms with van der Waals surface area (Å²) < 4.78 is 7.31. The Morgan fingerprint density at radius 3 is 2.53 bits per heavy atom. The first-order valence-electron chi connectivity index (χ1n) is 10.8. The Labute approximate surface area is 194 Å². The molecular weight excluding hydrogens is 420 g/mol. The van der Waals surface area contributed by atoms with Crippen LogP contribution in [-0.4, -0.2) is 40.1 Å². The topological polar surface area (TPSA) is 69.0 Å². The van der Waals surface area contributed by atoms with Crippen molar-refractivity contribution in [2.45, 2.75) is 51.2 Å². The summed E-state index contributed by atoms with van der Waals surface area (Å²) in [6.45, 7) is 9.98. The largest absolute Gasteiger partial charge is 0.385 e. The van der Waals surface area contributed by atoms with Gasteiger partial charge in [-0.1, -0.05) is 68.9 Å². The number of rotatable bonds is 9. The molecule has 170 valence electrons. The Hall–Kier alpha value is -2.64. The van der Waals surface area contributed by atoms with Crippen LogP contribution in [0.4, 0.5) is 5.69 Å². The maximum absolute atomic E-state index is 12.5. The van der Waals surface area contributed by atoms with Gasteiger partial charge in [-0.2, -0.15) is 0 Å². The van der Waals surface area contributed by atoms with Gasteiger partial charge in [0, 0.05) is 31.5 Å². The summed E-state index contributed by atoms with van der Waals surface area (Å²) in [5.74, 6) is 1.01. The molecule has 3 rings (SSSR count). The highest BCUT2D eigenvalue weighted by molar-refractivity contribution is 7.99. The molecule has 0 aliphatic rings. The number of aromatic nitrogens is 3. The quantitative estimate of drug-likeness (QED) is 0.352. The third-order valence-corrected chi connectivity index (χ3v) is 6.06. The number of thioether (sulfide) groups is 1. The molecule has 3 aromatic rings. The fraction of sp³-hybridized carbons (Fsp3) is 0.400. The zero-order valence-corrected chi connectivity index (χ0v) is 20.3. The van der Waals surface area contributed by atoms with Crippen LogP contribution in [0.25, 0.3) is 11.4 Å². The van der Waals surface area contributed by atoms with Crippen molar-refractivity contribution in [2.75, 3.05) is 24.8 Å². The summed E-state index contributed by atoms with van der Waals surface area (Å²) in [5, 5.41) is 12.5. The third-order valence-electron chi connectivity index (χ3n) is 5.09. The molecule has 2 aromatic carbocycles. The highest BCUT2D eigenvalue weighted by Gasteiger charge is 2.18. The van der Waals surface area contributed by atoms with Crippen LogP contribution in [0, 0.1) is 6.92 Å². The number of aryl methyl sites for hydroxylation is 1. The summed E-state index contributed by atoms with van der Waals surface area (Å²) in [7, 11) is 1.70. The molecule has 0 saturated heterocycles. The van der Waals surface area contributed by atoms with Gasteiger partial charge >= 0.3 is 0 Å². The summed E-state index contributed by atoms with van der Waals surface area (Å²) in [6.07, 6.45) is 0.838. The lowest BCUT2D eigenvalue weighted by molar-refractivity contribution is -0.113. The Bertz CT molecular complexity index is 1040. The van der Waals surface area contributed by atoms with E-state index in [2.05, 4.69) is 65.1 Å². The highest BCUT2D eigenvalue weighted by Crippen LogP contribution is 2.28. The molecule has 0 aliphatic carbocycles. The number of carbonyl (C=O) groups excluding carboxylic acids is 1. The lowest BCUT2D eigenvalue weighted by atomic mass is 9.87. The van der Waals surface area contributed by atoms with E-state index in [4.69, 9.17) is 4.74 Å². The predicted molar refractivity (Wildman–Crippen MR) is 131 cm³/mol. The van der Waals surface area contributed by atoms with Crippen molar-refractivity contribution in [2.24, 2.45) is 0 Å². The lowest BCUT2D eigenvalue weighted by Gasteiger charge is -2.19. The van der Waals surface area contributed by atoms with E-state index >= 15 is 0 Å². The fourth-order valence-electron chi connectivity index (χ4n) is 3.35. The molecule has 0 aliphatic heterocycles. The molecule has 1 amide bonds. The Kier molecular flexibility index (Phi) is 8.10. The van der Waals surface area contributed by atoms with E-state index in [1.807, 2.05) is 31.2 Å². The molecule has 0 atom stereocenters. The molecule has 7 heteroatoms. The average Bonchev–Trinajstić information content (AvgIpc) is 3.15. The lowest BCUT2D eigenvalue weighted by Crippen LogP contribution is -2.15. The second-order valence-electron chi connectivity index (χ2n) is 8.84. The first kappa shape index (κ1) is 24.0. The van der Waals surface area contributed by atoms with Gasteiger partial charge in [0.15, 0.2) is 11.0 Å². The van der Waals surface area contributed by atoms with Crippen molar-refractivity contribution in [3.63, 3.8) is 0 Å². The molecule has 0 fully saturated rings. The average molecular weight is 453 g/mol. The third kappa shape index (κ3) is 6.43. The van der Waals surface area contributed by atoms with E-state index in [1.54, 1.807) is 7.11 Å². The number of hydrogen-bond acceptors (Lipinski definition) is 5. The first-order valence-corrected chi connectivity index (χ1v) is 11.8. The van der Waals surface area contributed by atoms with Crippen LogP contribution in [-0.2, 0) is 21.5 Å². The fourth-order valence-corrected chi connectivity index (χ4v) is 4.11. The Morgan fingerprint density at radius 2 is 1.88 bits per heavy atom. The van der Waals surface area contributed by atoms with Crippen molar-refractivity contribution >= 4 is 23.4 Å². The summed E-state index contributed by atoms with van der Waals surface area (Å²) in [6, 6.07) is 16.3. The van der Waals surface area contributed by atoms with Crippen molar-refractivity contribution < 1.29 is 9.53 Å². The molecule has 0 spiro atoms. The number of nitrogens with zero attached hydrogens (tertiary/aromatic N) is 3. The molecule has 0 unspecified atom stereocenters. The number of nitrogens with one attached hydrogen (secondary N) is 1. The Morgan fingerprint density at radius 1 is 1.12 bits per heavy atom. The van der Waals surface area contributed by atoms with Gasteiger partial charge in [0.05, 0.1) is 5.75 Å². The van der Waals surface area contributed by atoms with Gasteiger partial charge in [-0.05, 0) is 42.0 Å². The van der Waals surface area contributed by atoms with Crippen LogP contribution in [0.3, 0.4) is 0 Å². The van der Waals surface area contributed by atoms with E-state index in [1.165, 1.54) is 17.3 Å². The molecule has 0 radical (unpaired) electrons. The molecule has 0 bridgehead atoms. The van der Waals surface area contributed by atoms with E-state index in [0.717, 1.165) is 40.8 Å². The van der Waals surface area contributed by atoms with Gasteiger partial charge in [0.25, 0.3) is 0 Å². The van der Waals surface area contributed by atoms with Crippen molar-refractivity contribution in [3.05, 3.63) is 59.7 Å². The van der Waals surface area contributed by atoms with Crippen LogP contribution in [0.15, 0.2) is 53.7 Å². The second-order valence-corrected chi connectivity index (χ2v) is 9.78. The Balaban J connectivity index is 1.75. The highest BCUT2D eigenvalue weighted by atomic mass is 32.2. The van der Waals surface area contributed by atoms with Gasteiger partial charge in [0.1, 0.15) is 0 Å². The first-order chi connectivity index (χ1) is 15.3. The number of ether oxygens (including phenoxy) is 1. The van der Waals surface area contributed by atoms with E-state index < -0.39 is 0 Å². The SMILES string of the molecule is COCCCn1c(SCC(=O)Nc2cccc(C)c2)nnc1-c1ccc(C(C)(C)C)cc1. The van der Waals surface area contributed by atoms with Gasteiger partial charge in [-0.25, -0.2) is 0 Å². The summed E-state index contributed by atoms with van der Waals surface area (Å²) in [5.41, 5.74) is 4.29. The normalized spacial score (nSPS) is 11.5. The standard InChI is InChI=1S/C25H32N4O2S/c1-18-8-6-9-21(16-18)26-22(30)17-32-24-28-27-23(29(24)14-7-15-31-5)19-10-12-20(13-11-19)25(2,3)4/h6,8-13,16H,7,14-15,17H2,1-5H3,(H,26,30). The number of methoxy groups -OCH3 is 1. The molecule has 1 heterocycles. The molecule has 1 aromatic heterocycles. The smallest absolute Gasteiger partial charge is 0.234 e. The van der Waals surface area contributed by atoms with Crippen LogP contribution >= 0.6 is 11.8 Å². The van der Waals surface area contributed by atoms with E-state index in [-0.39, 0.29) is 17.1 Å². The minimum atomic E-state index is -0.0666. The van der Waals surface area contributed by atoms with Crippen molar-refractivity contribution in [3.8, 4) is 11.4 Å². The minimum Gasteiger partial charge on any atom is -0.385 e. The van der Waals surface area contributed by atoms with Crippen LogP contribution < -0.4 is 5.32 Å². The second kappa shape index (κ2) is 10.8. The van der Waals surface area contributed by atoms with Crippen LogP contribution in [0.2, 0.25) is 0 Å². The molecule has 32 heavy (non-hydrogen) atoms. The van der Waals surface area contributed by atoms with Gasteiger partial charge in [0.2, 0.25) is 5.91 Å². The van der Waals surface area contributed by atoms with E-state index in [9.17, 15) is 4.79 Å². The summed E-state index contributed by atoms with van der Waals surface area (Å²) in [4.78, 5) is 12.5. The van der Waals surface area contributed by atoms with Crippen molar-refractivity contribution in [1.29, 1.82) is 0 Å². The zero-order valence-electron chi connectivity index (χ0n) is 19.5. The molecule has 0 saturated carbocycles. The number of amides is 1. The zero-order chi connectivity index (χ0) is 23.1. The number of benzene rings is 2. The summed E-state index contributed by atoms with van der Waals surface area (Å²) >= 11 is 1.40. The van der Waals surface area contributed by atoms with Gasteiger partial charge < -0.3 is 14.6 Å².